The highest BCUT2D eigenvalue weighted by atomic mass is 15.3. The fourth-order valence-corrected chi connectivity index (χ4v) is 3.98. The van der Waals surface area contributed by atoms with Gasteiger partial charge in [0.25, 0.3) is 0 Å². The lowest BCUT2D eigenvalue weighted by Gasteiger charge is -2.44. The summed E-state index contributed by atoms with van der Waals surface area (Å²) >= 11 is 0. The van der Waals surface area contributed by atoms with Gasteiger partial charge < -0.3 is 0 Å². The topological polar surface area (TPSA) is 19.4 Å². The van der Waals surface area contributed by atoms with Gasteiger partial charge in [-0.05, 0) is 48.6 Å². The van der Waals surface area contributed by atoms with Crippen LogP contribution in [-0.2, 0) is 6.54 Å². The highest BCUT2D eigenvalue weighted by Gasteiger charge is 2.31. The Morgan fingerprint density at radius 2 is 1.72 bits per heavy atom. The molecule has 2 aromatic rings. The number of hydrogen-bond donors (Lipinski definition) is 0. The standard InChI is InChI=1S/C22H31N3/c1-17(2)20-7-5-6-8-21(20)22-16-24(13-14-25(22)18(3)4)15-19-9-11-23-12-10-19/h5-12,17-18,22H,13-16H2,1-4H3. The van der Waals surface area contributed by atoms with Crippen LogP contribution >= 0.6 is 0 Å². The highest BCUT2D eigenvalue weighted by molar-refractivity contribution is 5.33. The maximum atomic E-state index is 4.14. The number of nitrogens with zero attached hydrogens (tertiary/aromatic N) is 3. The van der Waals surface area contributed by atoms with E-state index in [1.54, 1.807) is 0 Å². The van der Waals surface area contributed by atoms with Gasteiger partial charge >= 0.3 is 0 Å². The van der Waals surface area contributed by atoms with Crippen molar-refractivity contribution in [1.82, 2.24) is 14.8 Å². The zero-order valence-electron chi connectivity index (χ0n) is 16.0. The summed E-state index contributed by atoms with van der Waals surface area (Å²) in [4.78, 5) is 9.40. The number of benzene rings is 1. The van der Waals surface area contributed by atoms with Crippen LogP contribution in [0.2, 0.25) is 0 Å². The molecular formula is C22H31N3. The van der Waals surface area contributed by atoms with Gasteiger partial charge in [0, 0.05) is 50.7 Å². The van der Waals surface area contributed by atoms with Gasteiger partial charge in [-0.3, -0.25) is 14.8 Å². The average Bonchev–Trinajstić information content (AvgIpc) is 2.62. The van der Waals surface area contributed by atoms with Crippen LogP contribution in [0.25, 0.3) is 0 Å². The maximum absolute atomic E-state index is 4.14. The van der Waals surface area contributed by atoms with Crippen molar-refractivity contribution in [2.45, 2.75) is 52.2 Å². The third-order valence-electron chi connectivity index (χ3n) is 5.30. The van der Waals surface area contributed by atoms with Crippen molar-refractivity contribution in [1.29, 1.82) is 0 Å². The fraction of sp³-hybridized carbons (Fsp3) is 0.500. The molecule has 134 valence electrons. The Labute approximate surface area is 152 Å². The number of hydrogen-bond acceptors (Lipinski definition) is 3. The minimum absolute atomic E-state index is 0.467. The Hall–Kier alpha value is -1.71. The molecule has 3 rings (SSSR count). The van der Waals surface area contributed by atoms with Crippen molar-refractivity contribution < 1.29 is 0 Å². The molecule has 3 nitrogen and oxygen atoms in total. The van der Waals surface area contributed by atoms with E-state index < -0.39 is 0 Å². The second kappa shape index (κ2) is 8.11. The van der Waals surface area contributed by atoms with E-state index >= 15 is 0 Å². The molecule has 2 heterocycles. The van der Waals surface area contributed by atoms with Crippen LogP contribution < -0.4 is 0 Å². The first-order chi connectivity index (χ1) is 12.1. The Kier molecular flexibility index (Phi) is 5.87. The molecule has 1 aromatic carbocycles. The Bertz CT molecular complexity index is 666. The van der Waals surface area contributed by atoms with E-state index in [1.165, 1.54) is 16.7 Å². The largest absolute Gasteiger partial charge is 0.296 e. The van der Waals surface area contributed by atoms with E-state index in [0.29, 0.717) is 18.0 Å². The predicted octanol–water partition coefficient (Wildman–Crippen LogP) is 4.47. The van der Waals surface area contributed by atoms with Crippen molar-refractivity contribution in [2.24, 2.45) is 0 Å². The number of piperazine rings is 1. The Balaban J connectivity index is 1.85. The molecule has 0 aliphatic carbocycles. The Morgan fingerprint density at radius 3 is 2.40 bits per heavy atom. The van der Waals surface area contributed by atoms with Gasteiger partial charge in [0.1, 0.15) is 0 Å². The van der Waals surface area contributed by atoms with Crippen LogP contribution in [0.5, 0.6) is 0 Å². The third-order valence-corrected chi connectivity index (χ3v) is 5.30. The van der Waals surface area contributed by atoms with Gasteiger partial charge in [-0.25, -0.2) is 0 Å². The van der Waals surface area contributed by atoms with Crippen LogP contribution in [0.15, 0.2) is 48.8 Å². The van der Waals surface area contributed by atoms with Gasteiger partial charge in [0.2, 0.25) is 0 Å². The molecule has 1 aliphatic rings. The molecule has 0 amide bonds. The number of rotatable bonds is 5. The van der Waals surface area contributed by atoms with Crippen molar-refractivity contribution in [3.8, 4) is 0 Å². The second-order valence-electron chi connectivity index (χ2n) is 7.72. The summed E-state index contributed by atoms with van der Waals surface area (Å²) in [5.41, 5.74) is 4.35. The van der Waals surface area contributed by atoms with Gasteiger partial charge in [0.15, 0.2) is 0 Å². The van der Waals surface area contributed by atoms with Crippen LogP contribution in [-0.4, -0.2) is 40.5 Å². The van der Waals surface area contributed by atoms with E-state index in [9.17, 15) is 0 Å². The lowest BCUT2D eigenvalue weighted by atomic mass is 9.90. The molecule has 0 N–H and O–H groups in total. The summed E-state index contributed by atoms with van der Waals surface area (Å²) in [5.74, 6) is 0.556. The van der Waals surface area contributed by atoms with E-state index in [-0.39, 0.29) is 0 Å². The first-order valence-corrected chi connectivity index (χ1v) is 9.52. The first kappa shape index (κ1) is 18.1. The molecule has 1 atom stereocenters. The first-order valence-electron chi connectivity index (χ1n) is 9.52. The second-order valence-corrected chi connectivity index (χ2v) is 7.72. The van der Waals surface area contributed by atoms with Crippen molar-refractivity contribution in [2.75, 3.05) is 19.6 Å². The summed E-state index contributed by atoms with van der Waals surface area (Å²) < 4.78 is 0. The van der Waals surface area contributed by atoms with Crippen molar-refractivity contribution in [3.05, 3.63) is 65.5 Å². The van der Waals surface area contributed by atoms with E-state index in [0.717, 1.165) is 26.2 Å². The van der Waals surface area contributed by atoms with E-state index in [4.69, 9.17) is 0 Å². The summed E-state index contributed by atoms with van der Waals surface area (Å²) in [6.07, 6.45) is 3.79. The minimum atomic E-state index is 0.467. The number of aromatic nitrogens is 1. The normalized spacial score (nSPS) is 19.7. The molecule has 1 aliphatic heterocycles. The molecule has 3 heteroatoms. The molecule has 0 spiro atoms. The maximum Gasteiger partial charge on any atom is 0.0481 e. The molecular weight excluding hydrogens is 306 g/mol. The van der Waals surface area contributed by atoms with Crippen LogP contribution in [0.1, 0.15) is 56.3 Å². The van der Waals surface area contributed by atoms with Crippen LogP contribution in [0.3, 0.4) is 0 Å². The van der Waals surface area contributed by atoms with Gasteiger partial charge in [0.05, 0.1) is 0 Å². The van der Waals surface area contributed by atoms with E-state index in [1.807, 2.05) is 12.4 Å². The summed E-state index contributed by atoms with van der Waals surface area (Å²) in [6, 6.07) is 14.3. The smallest absolute Gasteiger partial charge is 0.0481 e. The molecule has 1 fully saturated rings. The molecule has 0 radical (unpaired) electrons. The van der Waals surface area contributed by atoms with Gasteiger partial charge in [-0.1, -0.05) is 38.1 Å². The zero-order valence-corrected chi connectivity index (χ0v) is 16.0. The zero-order chi connectivity index (χ0) is 17.8. The highest BCUT2D eigenvalue weighted by Crippen LogP contribution is 2.33. The monoisotopic (exact) mass is 337 g/mol. The summed E-state index contributed by atoms with van der Waals surface area (Å²) in [5, 5.41) is 0. The molecule has 1 aromatic heterocycles. The Morgan fingerprint density at radius 1 is 1.00 bits per heavy atom. The molecule has 0 saturated carbocycles. The fourth-order valence-electron chi connectivity index (χ4n) is 3.98. The number of pyridine rings is 1. The van der Waals surface area contributed by atoms with Crippen molar-refractivity contribution in [3.63, 3.8) is 0 Å². The van der Waals surface area contributed by atoms with E-state index in [2.05, 4.69) is 78.9 Å². The predicted molar refractivity (Wildman–Crippen MR) is 105 cm³/mol. The quantitative estimate of drug-likeness (QED) is 0.802. The van der Waals surface area contributed by atoms with Crippen molar-refractivity contribution >= 4 is 0 Å². The average molecular weight is 338 g/mol. The van der Waals surface area contributed by atoms with Crippen LogP contribution in [0, 0.1) is 0 Å². The molecule has 0 bridgehead atoms. The van der Waals surface area contributed by atoms with Crippen LogP contribution in [0.4, 0.5) is 0 Å². The lowest BCUT2D eigenvalue weighted by Crippen LogP contribution is -2.50. The molecule has 1 unspecified atom stereocenters. The molecule has 1 saturated heterocycles. The van der Waals surface area contributed by atoms with Gasteiger partial charge in [-0.15, -0.1) is 0 Å². The summed E-state index contributed by atoms with van der Waals surface area (Å²) in [7, 11) is 0. The third kappa shape index (κ3) is 4.28. The minimum Gasteiger partial charge on any atom is -0.296 e. The molecule has 25 heavy (non-hydrogen) atoms. The SMILES string of the molecule is CC(C)c1ccccc1C1CN(Cc2ccncc2)CCN1C(C)C. The summed E-state index contributed by atoms with van der Waals surface area (Å²) in [6.45, 7) is 13.6. The lowest BCUT2D eigenvalue weighted by molar-refractivity contribution is 0.0463. The van der Waals surface area contributed by atoms with Gasteiger partial charge in [-0.2, -0.15) is 0 Å².